The average molecular weight is 397 g/mol. The summed E-state index contributed by atoms with van der Waals surface area (Å²) in [6.07, 6.45) is 3.06. The van der Waals surface area contributed by atoms with Gasteiger partial charge in [0, 0.05) is 47.4 Å². The van der Waals surface area contributed by atoms with Crippen molar-refractivity contribution in [3.05, 3.63) is 82.7 Å². The lowest BCUT2D eigenvalue weighted by molar-refractivity contribution is -0.138. The van der Waals surface area contributed by atoms with Gasteiger partial charge >= 0.3 is 5.97 Å². The van der Waals surface area contributed by atoms with Crippen molar-refractivity contribution in [3.63, 3.8) is 0 Å². The Morgan fingerprint density at radius 2 is 1.93 bits per heavy atom. The fourth-order valence-electron chi connectivity index (χ4n) is 3.03. The summed E-state index contributed by atoms with van der Waals surface area (Å²) in [6.45, 7) is 2.57. The maximum atomic E-state index is 12.9. The molecule has 144 valence electrons. The zero-order chi connectivity index (χ0) is 20.1. The lowest BCUT2D eigenvalue weighted by Crippen LogP contribution is -2.20. The second-order valence-corrected chi connectivity index (χ2v) is 6.65. The van der Waals surface area contributed by atoms with Gasteiger partial charge in [-0.1, -0.05) is 41.9 Å². The lowest BCUT2D eigenvalue weighted by atomic mass is 10.1. The molecule has 3 rings (SSSR count). The van der Waals surface area contributed by atoms with Gasteiger partial charge < -0.3 is 14.6 Å². The molecule has 28 heavy (non-hydrogen) atoms. The molecule has 0 radical (unpaired) electrons. The van der Waals surface area contributed by atoms with Crippen LogP contribution in [-0.2, 0) is 16.1 Å². The largest absolute Gasteiger partial charge is 0.461 e. The highest BCUT2D eigenvalue weighted by Gasteiger charge is 2.17. The molecule has 0 aliphatic rings. The summed E-state index contributed by atoms with van der Waals surface area (Å²) < 4.78 is 6.98. The number of benzene rings is 2. The van der Waals surface area contributed by atoms with Gasteiger partial charge in [-0.3, -0.25) is 4.79 Å². The van der Waals surface area contributed by atoms with Crippen molar-refractivity contribution in [1.82, 2.24) is 9.88 Å². The first-order valence-electron chi connectivity index (χ1n) is 8.96. The molecule has 0 bridgehead atoms. The third kappa shape index (κ3) is 4.26. The summed E-state index contributed by atoms with van der Waals surface area (Å²) >= 11 is 6.17. The van der Waals surface area contributed by atoms with E-state index in [1.54, 1.807) is 32.3 Å². The first kappa shape index (κ1) is 19.7. The Morgan fingerprint density at radius 3 is 2.61 bits per heavy atom. The number of esters is 1. The summed E-state index contributed by atoms with van der Waals surface area (Å²) in [4.78, 5) is 24.9. The standard InChI is InChI=1S/C22H21ClN2O3/c1-3-28-22(27)19(24-2)12-21(26)18-14-25(13-15-7-5-4-6-8-15)20-10-9-16(23)11-17(18)20/h4-12,14,24H,3,13H2,1-2H3/b19-12-. The quantitative estimate of drug-likeness (QED) is 0.369. The SMILES string of the molecule is CCOC(=O)/C(=C/C(=O)c1cn(Cc2ccccc2)c2ccc(Cl)cc12)NC. The molecule has 0 aliphatic carbocycles. The monoisotopic (exact) mass is 396 g/mol. The number of nitrogens with one attached hydrogen (secondary N) is 1. The smallest absolute Gasteiger partial charge is 0.354 e. The Hall–Kier alpha value is -3.05. The third-order valence-electron chi connectivity index (χ3n) is 4.34. The molecule has 1 aromatic heterocycles. The van der Waals surface area contributed by atoms with Crippen LogP contribution in [0.4, 0.5) is 0 Å². The molecule has 3 aromatic rings. The number of halogens is 1. The van der Waals surface area contributed by atoms with E-state index in [4.69, 9.17) is 16.3 Å². The van der Waals surface area contributed by atoms with Gasteiger partial charge in [0.15, 0.2) is 5.78 Å². The van der Waals surface area contributed by atoms with Gasteiger partial charge in [-0.25, -0.2) is 4.79 Å². The van der Waals surface area contributed by atoms with E-state index < -0.39 is 5.97 Å². The predicted molar refractivity (Wildman–Crippen MR) is 111 cm³/mol. The molecule has 1 heterocycles. The maximum absolute atomic E-state index is 12.9. The first-order valence-corrected chi connectivity index (χ1v) is 9.34. The summed E-state index contributed by atoms with van der Waals surface area (Å²) in [5.41, 5.74) is 2.60. The highest BCUT2D eigenvalue weighted by molar-refractivity contribution is 6.31. The Balaban J connectivity index is 2.04. The molecule has 0 spiro atoms. The number of carbonyl (C=O) groups is 2. The average Bonchev–Trinajstić information content (AvgIpc) is 3.04. The van der Waals surface area contributed by atoms with E-state index in [0.29, 0.717) is 17.1 Å². The van der Waals surface area contributed by atoms with E-state index in [9.17, 15) is 9.59 Å². The minimum atomic E-state index is -0.565. The highest BCUT2D eigenvalue weighted by Crippen LogP contribution is 2.26. The number of nitrogens with zero attached hydrogens (tertiary/aromatic N) is 1. The number of ether oxygens (including phenoxy) is 1. The van der Waals surface area contributed by atoms with Gasteiger partial charge in [-0.05, 0) is 30.7 Å². The lowest BCUT2D eigenvalue weighted by Gasteiger charge is -2.05. The van der Waals surface area contributed by atoms with Crippen LogP contribution in [0.5, 0.6) is 0 Å². The van der Waals surface area contributed by atoms with E-state index >= 15 is 0 Å². The van der Waals surface area contributed by atoms with Gasteiger partial charge in [0.1, 0.15) is 5.70 Å². The van der Waals surface area contributed by atoms with E-state index in [1.807, 2.05) is 41.0 Å². The molecule has 1 N–H and O–H groups in total. The summed E-state index contributed by atoms with van der Waals surface area (Å²) in [7, 11) is 1.57. The number of ketones is 1. The minimum absolute atomic E-state index is 0.109. The van der Waals surface area contributed by atoms with Crippen LogP contribution in [0.3, 0.4) is 0 Å². The Labute approximate surface area is 168 Å². The fraction of sp³-hybridized carbons (Fsp3) is 0.182. The number of rotatable bonds is 7. The topological polar surface area (TPSA) is 60.3 Å². The number of fused-ring (bicyclic) bond motifs is 1. The van der Waals surface area contributed by atoms with Crippen molar-refractivity contribution in [2.24, 2.45) is 0 Å². The number of hydrogen-bond acceptors (Lipinski definition) is 4. The summed E-state index contributed by atoms with van der Waals surface area (Å²) in [6, 6.07) is 15.4. The van der Waals surface area contributed by atoms with Crippen molar-refractivity contribution >= 4 is 34.3 Å². The first-order chi connectivity index (χ1) is 13.5. The summed E-state index contributed by atoms with van der Waals surface area (Å²) in [5.74, 6) is -0.860. The molecule has 0 atom stereocenters. The molecule has 5 nitrogen and oxygen atoms in total. The zero-order valence-corrected chi connectivity index (χ0v) is 16.5. The molecule has 6 heteroatoms. The molecule has 2 aromatic carbocycles. The van der Waals surface area contributed by atoms with Crippen molar-refractivity contribution in [2.75, 3.05) is 13.7 Å². The maximum Gasteiger partial charge on any atom is 0.354 e. The molecule has 0 amide bonds. The van der Waals surface area contributed by atoms with E-state index in [1.165, 1.54) is 6.08 Å². The van der Waals surface area contributed by atoms with Gasteiger partial charge in [0.25, 0.3) is 0 Å². The number of carbonyl (C=O) groups excluding carboxylic acids is 2. The Morgan fingerprint density at radius 1 is 1.18 bits per heavy atom. The van der Waals surface area contributed by atoms with Crippen molar-refractivity contribution in [3.8, 4) is 0 Å². The van der Waals surface area contributed by atoms with Crippen LogP contribution in [0.1, 0.15) is 22.8 Å². The van der Waals surface area contributed by atoms with Gasteiger partial charge in [0.2, 0.25) is 0 Å². The molecule has 0 saturated carbocycles. The van der Waals surface area contributed by atoms with Gasteiger partial charge in [0.05, 0.1) is 6.61 Å². The molecule has 0 aliphatic heterocycles. The zero-order valence-electron chi connectivity index (χ0n) is 15.7. The molecule has 0 saturated heterocycles. The molecular weight excluding hydrogens is 376 g/mol. The van der Waals surface area contributed by atoms with E-state index in [0.717, 1.165) is 16.5 Å². The normalized spacial score (nSPS) is 11.5. The van der Waals surface area contributed by atoms with Crippen molar-refractivity contribution in [1.29, 1.82) is 0 Å². The highest BCUT2D eigenvalue weighted by atomic mass is 35.5. The van der Waals surface area contributed by atoms with Gasteiger partial charge in [-0.2, -0.15) is 0 Å². The predicted octanol–water partition coefficient (Wildman–Crippen LogP) is 4.19. The second-order valence-electron chi connectivity index (χ2n) is 6.21. The third-order valence-corrected chi connectivity index (χ3v) is 4.58. The van der Waals surface area contributed by atoms with Crippen LogP contribution in [0.25, 0.3) is 10.9 Å². The Bertz CT molecular complexity index is 1040. The van der Waals surface area contributed by atoms with Crippen LogP contribution < -0.4 is 5.32 Å². The van der Waals surface area contributed by atoms with E-state index in [-0.39, 0.29) is 18.1 Å². The molecule has 0 unspecified atom stereocenters. The number of hydrogen-bond donors (Lipinski definition) is 1. The van der Waals surface area contributed by atoms with Crippen molar-refractivity contribution < 1.29 is 14.3 Å². The van der Waals surface area contributed by atoms with Crippen LogP contribution in [0.2, 0.25) is 5.02 Å². The Kier molecular flexibility index (Phi) is 6.16. The number of aromatic nitrogens is 1. The minimum Gasteiger partial charge on any atom is -0.461 e. The number of allylic oxidation sites excluding steroid dienone is 1. The van der Waals surface area contributed by atoms with E-state index in [2.05, 4.69) is 5.32 Å². The molecule has 0 fully saturated rings. The van der Waals surface area contributed by atoms with Crippen LogP contribution in [0, 0.1) is 0 Å². The van der Waals surface area contributed by atoms with Crippen LogP contribution >= 0.6 is 11.6 Å². The van der Waals surface area contributed by atoms with Gasteiger partial charge in [-0.15, -0.1) is 0 Å². The van der Waals surface area contributed by atoms with Crippen LogP contribution in [-0.4, -0.2) is 30.0 Å². The van der Waals surface area contributed by atoms with Crippen molar-refractivity contribution in [2.45, 2.75) is 13.5 Å². The fourth-order valence-corrected chi connectivity index (χ4v) is 3.20. The second kappa shape index (κ2) is 8.76. The number of likely N-dealkylation sites (N-methyl/N-ethyl adjacent to an activating group) is 1. The molecular formula is C22H21ClN2O3. The summed E-state index contributed by atoms with van der Waals surface area (Å²) in [5, 5.41) is 4.01. The van der Waals surface area contributed by atoms with Crippen LogP contribution in [0.15, 0.2) is 66.5 Å².